The summed E-state index contributed by atoms with van der Waals surface area (Å²) < 4.78 is 5.88. The van der Waals surface area contributed by atoms with Gasteiger partial charge < -0.3 is 15.4 Å². The SMILES string of the molecule is CC(C)C(C)(C)CNCCCOC1CCNCC1. The maximum Gasteiger partial charge on any atom is 0.0599 e. The van der Waals surface area contributed by atoms with Crippen LogP contribution in [0, 0.1) is 11.3 Å². The van der Waals surface area contributed by atoms with Crippen molar-refractivity contribution in [2.24, 2.45) is 11.3 Å². The molecule has 1 aliphatic heterocycles. The predicted molar refractivity (Wildman–Crippen MR) is 77.9 cm³/mol. The molecular weight excluding hydrogens is 224 g/mol. The van der Waals surface area contributed by atoms with Crippen molar-refractivity contribution < 1.29 is 4.74 Å². The smallest absolute Gasteiger partial charge is 0.0599 e. The fourth-order valence-corrected chi connectivity index (χ4v) is 2.02. The van der Waals surface area contributed by atoms with Crippen LogP contribution in [0.1, 0.15) is 47.0 Å². The molecule has 3 heteroatoms. The third-order valence-corrected chi connectivity index (χ3v) is 4.28. The van der Waals surface area contributed by atoms with Gasteiger partial charge in [0.05, 0.1) is 6.10 Å². The predicted octanol–water partition coefficient (Wildman–Crippen LogP) is 2.42. The van der Waals surface area contributed by atoms with Gasteiger partial charge in [-0.3, -0.25) is 0 Å². The van der Waals surface area contributed by atoms with E-state index >= 15 is 0 Å². The van der Waals surface area contributed by atoms with E-state index in [-0.39, 0.29) is 0 Å². The van der Waals surface area contributed by atoms with Gasteiger partial charge in [0.2, 0.25) is 0 Å². The zero-order chi connectivity index (χ0) is 13.4. The third-order valence-electron chi connectivity index (χ3n) is 4.28. The summed E-state index contributed by atoms with van der Waals surface area (Å²) in [5.74, 6) is 0.719. The monoisotopic (exact) mass is 256 g/mol. The van der Waals surface area contributed by atoms with E-state index in [1.165, 1.54) is 12.8 Å². The van der Waals surface area contributed by atoms with Crippen molar-refractivity contribution in [3.05, 3.63) is 0 Å². The van der Waals surface area contributed by atoms with E-state index in [1.54, 1.807) is 0 Å². The van der Waals surface area contributed by atoms with E-state index in [9.17, 15) is 0 Å². The third kappa shape index (κ3) is 6.17. The van der Waals surface area contributed by atoms with Gasteiger partial charge in [-0.1, -0.05) is 27.7 Å². The van der Waals surface area contributed by atoms with Gasteiger partial charge in [0, 0.05) is 13.2 Å². The van der Waals surface area contributed by atoms with Crippen molar-refractivity contribution in [1.29, 1.82) is 0 Å². The zero-order valence-corrected chi connectivity index (χ0v) is 12.7. The van der Waals surface area contributed by atoms with Crippen LogP contribution in [0.25, 0.3) is 0 Å². The van der Waals surface area contributed by atoms with Gasteiger partial charge in [-0.15, -0.1) is 0 Å². The first kappa shape index (κ1) is 15.9. The Kier molecular flexibility index (Phi) is 7.20. The second-order valence-corrected chi connectivity index (χ2v) is 6.49. The molecule has 0 amide bonds. The van der Waals surface area contributed by atoms with Crippen LogP contribution < -0.4 is 10.6 Å². The molecule has 0 aromatic carbocycles. The molecule has 0 aromatic rings. The number of hydrogen-bond acceptors (Lipinski definition) is 3. The van der Waals surface area contributed by atoms with E-state index < -0.39 is 0 Å². The largest absolute Gasteiger partial charge is 0.378 e. The number of rotatable bonds is 8. The second-order valence-electron chi connectivity index (χ2n) is 6.49. The lowest BCUT2D eigenvalue weighted by molar-refractivity contribution is 0.0315. The van der Waals surface area contributed by atoms with Gasteiger partial charge in [0.25, 0.3) is 0 Å². The molecule has 0 unspecified atom stereocenters. The highest BCUT2D eigenvalue weighted by atomic mass is 16.5. The molecule has 0 spiro atoms. The summed E-state index contributed by atoms with van der Waals surface area (Å²) in [6, 6.07) is 0. The normalized spacial score (nSPS) is 18.5. The highest BCUT2D eigenvalue weighted by Gasteiger charge is 2.21. The second kappa shape index (κ2) is 8.13. The minimum atomic E-state index is 0.385. The van der Waals surface area contributed by atoms with E-state index in [2.05, 4.69) is 38.3 Å². The van der Waals surface area contributed by atoms with Gasteiger partial charge in [0.15, 0.2) is 0 Å². The highest BCUT2D eigenvalue weighted by molar-refractivity contribution is 4.74. The van der Waals surface area contributed by atoms with Gasteiger partial charge in [0.1, 0.15) is 0 Å². The molecule has 108 valence electrons. The Morgan fingerprint density at radius 2 is 1.94 bits per heavy atom. The van der Waals surface area contributed by atoms with Crippen molar-refractivity contribution in [3.8, 4) is 0 Å². The average Bonchev–Trinajstić information content (AvgIpc) is 2.34. The van der Waals surface area contributed by atoms with Crippen LogP contribution in [0.5, 0.6) is 0 Å². The topological polar surface area (TPSA) is 33.3 Å². The Morgan fingerprint density at radius 1 is 1.28 bits per heavy atom. The van der Waals surface area contributed by atoms with Gasteiger partial charge in [-0.05, 0) is 50.2 Å². The lowest BCUT2D eigenvalue weighted by atomic mass is 9.81. The quantitative estimate of drug-likeness (QED) is 0.654. The van der Waals surface area contributed by atoms with Gasteiger partial charge in [-0.2, -0.15) is 0 Å². The summed E-state index contributed by atoms with van der Waals surface area (Å²) >= 11 is 0. The molecule has 3 nitrogen and oxygen atoms in total. The molecule has 0 saturated carbocycles. The fraction of sp³-hybridized carbons (Fsp3) is 1.00. The van der Waals surface area contributed by atoms with Gasteiger partial charge in [-0.25, -0.2) is 0 Å². The molecule has 18 heavy (non-hydrogen) atoms. The number of piperidine rings is 1. The lowest BCUT2D eigenvalue weighted by Crippen LogP contribution is -2.35. The molecule has 0 atom stereocenters. The van der Waals surface area contributed by atoms with Crippen LogP contribution >= 0.6 is 0 Å². The maximum atomic E-state index is 5.88. The highest BCUT2D eigenvalue weighted by Crippen LogP contribution is 2.24. The summed E-state index contributed by atoms with van der Waals surface area (Å²) in [5, 5.41) is 6.91. The molecule has 1 fully saturated rings. The molecule has 1 heterocycles. The van der Waals surface area contributed by atoms with Crippen LogP contribution in [0.15, 0.2) is 0 Å². The molecule has 0 bridgehead atoms. The molecule has 0 aromatic heterocycles. The first-order valence-corrected chi connectivity index (χ1v) is 7.55. The molecule has 1 saturated heterocycles. The minimum absolute atomic E-state index is 0.385. The number of ether oxygens (including phenoxy) is 1. The molecule has 1 aliphatic rings. The Labute approximate surface area is 113 Å². The van der Waals surface area contributed by atoms with Crippen molar-refractivity contribution in [2.45, 2.75) is 53.1 Å². The number of nitrogens with one attached hydrogen (secondary N) is 2. The van der Waals surface area contributed by atoms with Crippen LogP contribution in [0.3, 0.4) is 0 Å². The Bertz CT molecular complexity index is 211. The van der Waals surface area contributed by atoms with Crippen LogP contribution in [-0.2, 0) is 4.74 Å². The average molecular weight is 256 g/mol. The van der Waals surface area contributed by atoms with Crippen molar-refractivity contribution >= 4 is 0 Å². The molecular formula is C15H32N2O. The van der Waals surface area contributed by atoms with Crippen LogP contribution in [-0.4, -0.2) is 38.9 Å². The Morgan fingerprint density at radius 3 is 2.56 bits per heavy atom. The Balaban J connectivity index is 1.95. The van der Waals surface area contributed by atoms with Crippen LogP contribution in [0.4, 0.5) is 0 Å². The number of hydrogen-bond donors (Lipinski definition) is 2. The fourth-order valence-electron chi connectivity index (χ4n) is 2.02. The Hall–Kier alpha value is -0.120. The summed E-state index contributed by atoms with van der Waals surface area (Å²) in [6.45, 7) is 14.5. The first-order valence-electron chi connectivity index (χ1n) is 7.55. The molecule has 0 aliphatic carbocycles. The molecule has 2 N–H and O–H groups in total. The van der Waals surface area contributed by atoms with E-state index in [4.69, 9.17) is 4.74 Å². The lowest BCUT2D eigenvalue weighted by Gasteiger charge is -2.29. The van der Waals surface area contributed by atoms with Crippen molar-refractivity contribution in [2.75, 3.05) is 32.8 Å². The van der Waals surface area contributed by atoms with Crippen molar-refractivity contribution in [3.63, 3.8) is 0 Å². The summed E-state index contributed by atoms with van der Waals surface area (Å²) in [6.07, 6.45) is 3.97. The van der Waals surface area contributed by atoms with Crippen LogP contribution in [0.2, 0.25) is 0 Å². The van der Waals surface area contributed by atoms with Gasteiger partial charge >= 0.3 is 0 Å². The zero-order valence-electron chi connectivity index (χ0n) is 12.7. The van der Waals surface area contributed by atoms with Crippen molar-refractivity contribution in [1.82, 2.24) is 10.6 Å². The van der Waals surface area contributed by atoms with E-state index in [0.717, 1.165) is 45.1 Å². The molecule has 1 rings (SSSR count). The van der Waals surface area contributed by atoms with E-state index in [1.807, 2.05) is 0 Å². The first-order chi connectivity index (χ1) is 8.52. The standard InChI is InChI=1S/C15H32N2O/c1-13(2)15(3,4)12-17-8-5-11-18-14-6-9-16-10-7-14/h13-14,16-17H,5-12H2,1-4H3. The summed E-state index contributed by atoms with van der Waals surface area (Å²) in [4.78, 5) is 0. The maximum absolute atomic E-state index is 5.88. The molecule has 0 radical (unpaired) electrons. The minimum Gasteiger partial charge on any atom is -0.378 e. The summed E-state index contributed by atoms with van der Waals surface area (Å²) in [7, 11) is 0. The summed E-state index contributed by atoms with van der Waals surface area (Å²) in [5.41, 5.74) is 0.385. The van der Waals surface area contributed by atoms with E-state index in [0.29, 0.717) is 11.5 Å².